The van der Waals surface area contributed by atoms with Gasteiger partial charge in [0.25, 0.3) is 0 Å². The summed E-state index contributed by atoms with van der Waals surface area (Å²) in [6.45, 7) is 2.42. The highest BCUT2D eigenvalue weighted by Gasteiger charge is 2.13. The number of rotatable bonds is 3. The minimum atomic E-state index is -1.52. The molecule has 0 aliphatic rings. The van der Waals surface area contributed by atoms with Crippen LogP contribution in [0.3, 0.4) is 0 Å². The first-order valence-electron chi connectivity index (χ1n) is 10.7. The number of halogens is 4. The third-order valence-electron chi connectivity index (χ3n) is 5.07. The van der Waals surface area contributed by atoms with Crippen molar-refractivity contribution in [1.29, 1.82) is 0 Å². The maximum atomic E-state index is 14.5. The predicted octanol–water partition coefficient (Wildman–Crippen LogP) is 7.15. The maximum Gasteiger partial charge on any atom is 0.195 e. The van der Waals surface area contributed by atoms with Gasteiger partial charge in [0.1, 0.15) is 18.2 Å². The average molecular weight is 470 g/mol. The van der Waals surface area contributed by atoms with Crippen molar-refractivity contribution in [1.82, 2.24) is 0 Å². The van der Waals surface area contributed by atoms with Gasteiger partial charge in [-0.05, 0) is 73.0 Å². The van der Waals surface area contributed by atoms with E-state index >= 15 is 0 Å². The molecule has 0 unspecified atom stereocenters. The van der Waals surface area contributed by atoms with E-state index in [1.807, 2.05) is 43.3 Å². The van der Waals surface area contributed by atoms with E-state index in [1.54, 1.807) is 6.07 Å². The lowest BCUT2D eigenvalue weighted by Crippen LogP contribution is -1.92. The van der Waals surface area contributed by atoms with Crippen LogP contribution in [-0.2, 0) is 0 Å². The smallest absolute Gasteiger partial charge is 0.195 e. The lowest BCUT2D eigenvalue weighted by atomic mass is 10.1. The Bertz CT molecular complexity index is 1550. The molecule has 0 N–H and O–H groups in total. The third kappa shape index (κ3) is 5.72. The summed E-state index contributed by atoms with van der Waals surface area (Å²) in [6, 6.07) is 16.8. The number of ether oxygens (including phenoxy) is 1. The van der Waals surface area contributed by atoms with Crippen LogP contribution in [0.4, 0.5) is 17.6 Å². The minimum absolute atomic E-state index is 0.0561. The van der Waals surface area contributed by atoms with Crippen LogP contribution in [-0.4, -0.2) is 6.61 Å². The van der Waals surface area contributed by atoms with Gasteiger partial charge in [-0.15, -0.1) is 0 Å². The summed E-state index contributed by atoms with van der Waals surface area (Å²) in [6.07, 6.45) is 3.82. The largest absolute Gasteiger partial charge is 0.490 e. The van der Waals surface area contributed by atoms with Crippen molar-refractivity contribution in [3.05, 3.63) is 124 Å². The van der Waals surface area contributed by atoms with Crippen LogP contribution in [0, 0.1) is 47.0 Å². The van der Waals surface area contributed by atoms with Crippen molar-refractivity contribution in [2.45, 2.75) is 6.92 Å². The normalized spacial score (nSPS) is 10.5. The number of hydrogen-bond acceptors (Lipinski definition) is 1. The quantitative estimate of drug-likeness (QED) is 0.134. The number of hydrogen-bond donors (Lipinski definition) is 0. The first-order valence-corrected chi connectivity index (χ1v) is 10.7. The molecule has 0 saturated heterocycles. The first-order chi connectivity index (χ1) is 16.9. The van der Waals surface area contributed by atoms with Gasteiger partial charge < -0.3 is 4.74 Å². The summed E-state index contributed by atoms with van der Waals surface area (Å²) in [5.41, 5.74) is 1.80. The summed E-state index contributed by atoms with van der Waals surface area (Å²) >= 11 is 0. The van der Waals surface area contributed by atoms with Crippen molar-refractivity contribution in [3.63, 3.8) is 0 Å². The molecule has 0 fully saturated rings. The highest BCUT2D eigenvalue weighted by atomic mass is 19.2. The van der Waals surface area contributed by atoms with Crippen molar-refractivity contribution in [2.24, 2.45) is 0 Å². The Morgan fingerprint density at radius 3 is 2.09 bits per heavy atom. The molecule has 0 aliphatic carbocycles. The molecule has 4 aromatic rings. The molecule has 0 radical (unpaired) electrons. The van der Waals surface area contributed by atoms with E-state index in [9.17, 15) is 17.6 Å². The average Bonchev–Trinajstić information content (AvgIpc) is 2.86. The van der Waals surface area contributed by atoms with Crippen molar-refractivity contribution in [2.75, 3.05) is 6.61 Å². The zero-order valence-electron chi connectivity index (χ0n) is 18.6. The molecule has 0 amide bonds. The molecule has 0 spiro atoms. The van der Waals surface area contributed by atoms with E-state index in [1.165, 1.54) is 30.3 Å². The third-order valence-corrected chi connectivity index (χ3v) is 5.07. The molecule has 0 saturated carbocycles. The molecule has 1 nitrogen and oxygen atoms in total. The second-order valence-electron chi connectivity index (χ2n) is 7.52. The molecule has 4 aromatic carbocycles. The van der Waals surface area contributed by atoms with Gasteiger partial charge in [-0.25, -0.2) is 17.6 Å². The monoisotopic (exact) mass is 470 g/mol. The molecule has 0 atom stereocenters. The Balaban J connectivity index is 1.50. The van der Waals surface area contributed by atoms with Crippen LogP contribution < -0.4 is 4.74 Å². The Labute approximate surface area is 200 Å². The molecule has 0 aliphatic heterocycles. The van der Waals surface area contributed by atoms with Gasteiger partial charge in [-0.3, -0.25) is 0 Å². The van der Waals surface area contributed by atoms with Gasteiger partial charge in [0.15, 0.2) is 17.5 Å². The van der Waals surface area contributed by atoms with E-state index < -0.39 is 23.3 Å². The molecule has 172 valence electrons. The van der Waals surface area contributed by atoms with Crippen LogP contribution in [0.25, 0.3) is 10.8 Å². The molecule has 0 bridgehead atoms. The number of allylic oxidation sites excluding steroid dienone is 1. The van der Waals surface area contributed by atoms with Crippen molar-refractivity contribution in [3.8, 4) is 29.4 Å². The zero-order chi connectivity index (χ0) is 24.8. The number of benzene rings is 4. The van der Waals surface area contributed by atoms with Crippen LogP contribution in [0.2, 0.25) is 0 Å². The predicted molar refractivity (Wildman–Crippen MR) is 129 cm³/mol. The fourth-order valence-electron chi connectivity index (χ4n) is 3.24. The van der Waals surface area contributed by atoms with Gasteiger partial charge in [-0.2, -0.15) is 0 Å². The highest BCUT2D eigenvalue weighted by molar-refractivity contribution is 5.84. The Morgan fingerprint density at radius 1 is 0.686 bits per heavy atom. The first kappa shape index (κ1) is 23.7. The zero-order valence-corrected chi connectivity index (χ0v) is 18.6. The van der Waals surface area contributed by atoms with Crippen LogP contribution in [0.5, 0.6) is 5.75 Å². The SMILES string of the molecule is C/C=C/COc1ccc(C#Cc2ccc(C#Cc3ccc4c(F)c(F)c(F)cc4c3)c(F)c2)cc1. The molecular weight excluding hydrogens is 452 g/mol. The minimum Gasteiger partial charge on any atom is -0.490 e. The standard InChI is InChI=1S/C30H18F4O/c1-2-3-16-35-25-13-8-20(9-14-25)4-5-22-7-12-23(27(31)18-22)11-6-21-10-15-26-24(17-21)19-28(32)30(34)29(26)33/h2-3,7-10,12-15,17-19H,16H2,1H3/b3-2+. The fraction of sp³-hybridized carbons (Fsp3) is 0.0667. The van der Waals surface area contributed by atoms with Gasteiger partial charge in [-0.1, -0.05) is 41.9 Å². The van der Waals surface area contributed by atoms with Crippen LogP contribution >= 0.6 is 0 Å². The van der Waals surface area contributed by atoms with Gasteiger partial charge in [0.05, 0.1) is 5.56 Å². The summed E-state index contributed by atoms with van der Waals surface area (Å²) in [5, 5.41) is 0.107. The van der Waals surface area contributed by atoms with Gasteiger partial charge in [0.2, 0.25) is 0 Å². The van der Waals surface area contributed by atoms with Crippen molar-refractivity contribution < 1.29 is 22.3 Å². The topological polar surface area (TPSA) is 9.23 Å². The Morgan fingerprint density at radius 2 is 1.34 bits per heavy atom. The second-order valence-corrected chi connectivity index (χ2v) is 7.52. The Kier molecular flexibility index (Phi) is 7.19. The van der Waals surface area contributed by atoms with E-state index in [0.29, 0.717) is 17.7 Å². The van der Waals surface area contributed by atoms with E-state index in [4.69, 9.17) is 4.74 Å². The molecule has 5 heteroatoms. The van der Waals surface area contributed by atoms with Gasteiger partial charge >= 0.3 is 0 Å². The van der Waals surface area contributed by atoms with Crippen LogP contribution in [0.15, 0.2) is 78.9 Å². The number of fused-ring (bicyclic) bond motifs is 1. The summed E-state index contributed by atoms with van der Waals surface area (Å²) in [4.78, 5) is 0. The molecule has 4 rings (SSSR count). The van der Waals surface area contributed by atoms with E-state index in [-0.39, 0.29) is 16.3 Å². The lowest BCUT2D eigenvalue weighted by Gasteiger charge is -2.03. The van der Waals surface area contributed by atoms with Crippen molar-refractivity contribution >= 4 is 10.8 Å². The second kappa shape index (κ2) is 10.6. The highest BCUT2D eigenvalue weighted by Crippen LogP contribution is 2.24. The summed E-state index contributed by atoms with van der Waals surface area (Å²) in [5.74, 6) is 7.51. The Hall–Kier alpha value is -4.48. The maximum absolute atomic E-state index is 14.5. The lowest BCUT2D eigenvalue weighted by molar-refractivity contribution is 0.362. The summed E-state index contributed by atoms with van der Waals surface area (Å²) in [7, 11) is 0. The van der Waals surface area contributed by atoms with E-state index in [2.05, 4.69) is 23.7 Å². The molecular formula is C30H18F4O. The molecule has 0 aromatic heterocycles. The molecule has 0 heterocycles. The summed E-state index contributed by atoms with van der Waals surface area (Å²) < 4.78 is 60.8. The van der Waals surface area contributed by atoms with E-state index in [0.717, 1.165) is 17.4 Å². The van der Waals surface area contributed by atoms with Gasteiger partial charge in [0, 0.05) is 22.1 Å². The molecule has 35 heavy (non-hydrogen) atoms. The fourth-order valence-corrected chi connectivity index (χ4v) is 3.24. The van der Waals surface area contributed by atoms with Crippen LogP contribution in [0.1, 0.15) is 29.2 Å².